The van der Waals surface area contributed by atoms with Crippen LogP contribution in [0.2, 0.25) is 4.34 Å². The molecule has 1 saturated heterocycles. The van der Waals surface area contributed by atoms with Gasteiger partial charge in [0.05, 0.1) is 4.34 Å². The van der Waals surface area contributed by atoms with Gasteiger partial charge in [0.15, 0.2) is 0 Å². The van der Waals surface area contributed by atoms with Crippen LogP contribution < -0.4 is 5.32 Å². The molecule has 2 nitrogen and oxygen atoms in total. The first-order valence-corrected chi connectivity index (χ1v) is 8.60. The van der Waals surface area contributed by atoms with Crippen LogP contribution in [-0.2, 0) is 6.54 Å². The van der Waals surface area contributed by atoms with Crippen LogP contribution in [0.1, 0.15) is 43.9 Å². The minimum atomic E-state index is 0.395. The molecule has 2 aliphatic rings. The second-order valence-corrected chi connectivity index (χ2v) is 7.96. The highest BCUT2D eigenvalue weighted by Crippen LogP contribution is 2.34. The lowest BCUT2D eigenvalue weighted by Gasteiger charge is -2.35. The maximum absolute atomic E-state index is 6.05. The van der Waals surface area contributed by atoms with Crippen LogP contribution in [0.3, 0.4) is 0 Å². The molecule has 19 heavy (non-hydrogen) atoms. The third kappa shape index (κ3) is 3.15. The van der Waals surface area contributed by atoms with Gasteiger partial charge in [0.2, 0.25) is 0 Å². The second-order valence-electron chi connectivity index (χ2n) is 6.16. The fourth-order valence-electron chi connectivity index (χ4n) is 3.56. The van der Waals surface area contributed by atoms with Gasteiger partial charge < -0.3 is 5.32 Å². The van der Waals surface area contributed by atoms with Crippen LogP contribution in [0, 0.1) is 0 Å². The summed E-state index contributed by atoms with van der Waals surface area (Å²) in [6.07, 6.45) is 6.73. The average molecular weight is 299 g/mol. The number of nitrogens with one attached hydrogen (secondary N) is 1. The van der Waals surface area contributed by atoms with E-state index < -0.39 is 0 Å². The Morgan fingerprint density at radius 1 is 1.42 bits per heavy atom. The molecule has 0 bridgehead atoms. The van der Waals surface area contributed by atoms with E-state index in [4.69, 9.17) is 11.6 Å². The van der Waals surface area contributed by atoms with Crippen molar-refractivity contribution in [3.63, 3.8) is 0 Å². The Balaban J connectivity index is 1.73. The topological polar surface area (TPSA) is 15.3 Å². The second kappa shape index (κ2) is 5.72. The van der Waals surface area contributed by atoms with E-state index in [1.54, 1.807) is 11.3 Å². The van der Waals surface area contributed by atoms with E-state index in [2.05, 4.69) is 23.2 Å². The summed E-state index contributed by atoms with van der Waals surface area (Å²) in [5.41, 5.74) is 0.395. The van der Waals surface area contributed by atoms with Crippen molar-refractivity contribution in [2.24, 2.45) is 0 Å². The van der Waals surface area contributed by atoms with Gasteiger partial charge in [0, 0.05) is 29.5 Å². The zero-order valence-electron chi connectivity index (χ0n) is 11.6. The van der Waals surface area contributed by atoms with Crippen molar-refractivity contribution in [1.82, 2.24) is 10.2 Å². The predicted molar refractivity (Wildman–Crippen MR) is 83.0 cm³/mol. The Morgan fingerprint density at radius 2 is 2.21 bits per heavy atom. The molecule has 3 rings (SSSR count). The van der Waals surface area contributed by atoms with Gasteiger partial charge in [-0.3, -0.25) is 4.90 Å². The third-order valence-corrected chi connectivity index (χ3v) is 5.96. The summed E-state index contributed by atoms with van der Waals surface area (Å²) in [6, 6.07) is 4.86. The number of halogens is 1. The molecule has 1 saturated carbocycles. The first-order chi connectivity index (χ1) is 9.17. The SMILES string of the molecule is CC1CCNC2(CCCC2)CN1Cc1ccc(Cl)s1. The summed E-state index contributed by atoms with van der Waals surface area (Å²) >= 11 is 7.78. The molecule has 1 aromatic rings. The Morgan fingerprint density at radius 3 is 2.89 bits per heavy atom. The molecule has 2 fully saturated rings. The van der Waals surface area contributed by atoms with Crippen LogP contribution in [0.15, 0.2) is 12.1 Å². The van der Waals surface area contributed by atoms with Crippen molar-refractivity contribution in [1.29, 1.82) is 0 Å². The van der Waals surface area contributed by atoms with Gasteiger partial charge in [0.1, 0.15) is 0 Å². The number of nitrogens with zero attached hydrogens (tertiary/aromatic N) is 1. The van der Waals surface area contributed by atoms with Crippen LogP contribution in [0.4, 0.5) is 0 Å². The van der Waals surface area contributed by atoms with Crippen LogP contribution in [0.25, 0.3) is 0 Å². The zero-order chi connectivity index (χ0) is 13.3. The van der Waals surface area contributed by atoms with Gasteiger partial charge in [-0.2, -0.15) is 0 Å². The van der Waals surface area contributed by atoms with Crippen molar-refractivity contribution >= 4 is 22.9 Å². The van der Waals surface area contributed by atoms with E-state index in [0.29, 0.717) is 11.6 Å². The number of rotatable bonds is 2. The molecule has 1 aliphatic carbocycles. The third-order valence-electron chi connectivity index (χ3n) is 4.74. The number of hydrogen-bond donors (Lipinski definition) is 1. The first-order valence-electron chi connectivity index (χ1n) is 7.40. The number of thiophene rings is 1. The molecule has 1 atom stereocenters. The molecule has 106 valence electrons. The first kappa shape index (κ1) is 13.9. The fourth-order valence-corrected chi connectivity index (χ4v) is 4.68. The van der Waals surface area contributed by atoms with E-state index in [9.17, 15) is 0 Å². The summed E-state index contributed by atoms with van der Waals surface area (Å²) in [7, 11) is 0. The van der Waals surface area contributed by atoms with E-state index in [-0.39, 0.29) is 0 Å². The fraction of sp³-hybridized carbons (Fsp3) is 0.733. The normalized spacial score (nSPS) is 27.8. The lowest BCUT2D eigenvalue weighted by Crippen LogP contribution is -2.49. The molecule has 4 heteroatoms. The highest BCUT2D eigenvalue weighted by Gasteiger charge is 2.38. The van der Waals surface area contributed by atoms with E-state index in [0.717, 1.165) is 10.9 Å². The van der Waals surface area contributed by atoms with E-state index in [1.165, 1.54) is 50.1 Å². The smallest absolute Gasteiger partial charge is 0.0931 e. The summed E-state index contributed by atoms with van der Waals surface area (Å²) in [6.45, 7) is 5.79. The number of hydrogen-bond acceptors (Lipinski definition) is 3. The Bertz CT molecular complexity index is 426. The van der Waals surface area contributed by atoms with Gasteiger partial charge in [-0.05, 0) is 44.9 Å². The molecule has 0 aromatic carbocycles. The quantitative estimate of drug-likeness (QED) is 0.891. The lowest BCUT2D eigenvalue weighted by atomic mass is 9.97. The van der Waals surface area contributed by atoms with Crippen LogP contribution in [0.5, 0.6) is 0 Å². The Hall–Kier alpha value is -0.0900. The molecule has 1 aliphatic heterocycles. The van der Waals surface area contributed by atoms with Gasteiger partial charge in [-0.25, -0.2) is 0 Å². The lowest BCUT2D eigenvalue weighted by molar-refractivity contribution is 0.161. The summed E-state index contributed by atoms with van der Waals surface area (Å²) in [4.78, 5) is 4.06. The van der Waals surface area contributed by atoms with Crippen molar-refractivity contribution in [3.8, 4) is 0 Å². The summed E-state index contributed by atoms with van der Waals surface area (Å²) in [5.74, 6) is 0. The van der Waals surface area contributed by atoms with E-state index in [1.807, 2.05) is 6.07 Å². The van der Waals surface area contributed by atoms with Gasteiger partial charge >= 0.3 is 0 Å². The minimum Gasteiger partial charge on any atom is -0.310 e. The molecule has 2 heterocycles. The highest BCUT2D eigenvalue weighted by atomic mass is 35.5. The maximum atomic E-state index is 6.05. The average Bonchev–Trinajstić information content (AvgIpc) is 2.95. The molecule has 0 radical (unpaired) electrons. The van der Waals surface area contributed by atoms with Crippen LogP contribution in [-0.4, -0.2) is 29.6 Å². The van der Waals surface area contributed by atoms with Crippen molar-refractivity contribution in [2.45, 2.75) is 57.2 Å². The van der Waals surface area contributed by atoms with Crippen LogP contribution >= 0.6 is 22.9 Å². The molecule has 1 aromatic heterocycles. The molecular weight excluding hydrogens is 276 g/mol. The zero-order valence-corrected chi connectivity index (χ0v) is 13.2. The minimum absolute atomic E-state index is 0.395. The largest absolute Gasteiger partial charge is 0.310 e. The predicted octanol–water partition coefficient (Wildman–Crippen LogP) is 3.90. The molecule has 1 unspecified atom stereocenters. The van der Waals surface area contributed by atoms with Gasteiger partial charge in [0.25, 0.3) is 0 Å². The van der Waals surface area contributed by atoms with E-state index >= 15 is 0 Å². The van der Waals surface area contributed by atoms with Gasteiger partial charge in [-0.15, -0.1) is 11.3 Å². The monoisotopic (exact) mass is 298 g/mol. The molecule has 0 amide bonds. The molecule has 1 N–H and O–H groups in total. The highest BCUT2D eigenvalue weighted by molar-refractivity contribution is 7.16. The molecule has 1 spiro atoms. The molecular formula is C15H23ClN2S. The Kier molecular flexibility index (Phi) is 4.18. The Labute approximate surface area is 125 Å². The van der Waals surface area contributed by atoms with Crippen molar-refractivity contribution in [3.05, 3.63) is 21.3 Å². The van der Waals surface area contributed by atoms with Crippen molar-refractivity contribution < 1.29 is 0 Å². The standard InChI is InChI=1S/C15H23ClN2S/c1-12-6-9-17-15(7-2-3-8-15)11-18(12)10-13-4-5-14(16)19-13/h4-5,12,17H,2-3,6-11H2,1H3. The van der Waals surface area contributed by atoms with Crippen molar-refractivity contribution in [2.75, 3.05) is 13.1 Å². The van der Waals surface area contributed by atoms with Gasteiger partial charge in [-0.1, -0.05) is 24.4 Å². The summed E-state index contributed by atoms with van der Waals surface area (Å²) < 4.78 is 0.908. The maximum Gasteiger partial charge on any atom is 0.0931 e. The summed E-state index contributed by atoms with van der Waals surface area (Å²) in [5, 5.41) is 3.84.